The van der Waals surface area contributed by atoms with E-state index < -0.39 is 0 Å². The number of fused-ring (bicyclic) bond motifs is 1. The van der Waals surface area contributed by atoms with Gasteiger partial charge in [-0.3, -0.25) is 14.2 Å². The van der Waals surface area contributed by atoms with Crippen LogP contribution in [0, 0.1) is 6.92 Å². The van der Waals surface area contributed by atoms with Gasteiger partial charge in [0.05, 0.1) is 18.4 Å². The summed E-state index contributed by atoms with van der Waals surface area (Å²) in [5, 5.41) is 16.1. The minimum Gasteiger partial charge on any atom is -0.321 e. The van der Waals surface area contributed by atoms with Gasteiger partial charge in [-0.1, -0.05) is 12.1 Å². The van der Waals surface area contributed by atoms with E-state index in [-0.39, 0.29) is 5.91 Å². The highest BCUT2D eigenvalue weighted by atomic mass is 16.1. The summed E-state index contributed by atoms with van der Waals surface area (Å²) < 4.78 is 5.45. The van der Waals surface area contributed by atoms with Gasteiger partial charge in [0.15, 0.2) is 11.3 Å². The Morgan fingerprint density at radius 1 is 1.09 bits per heavy atom. The first-order chi connectivity index (χ1) is 15.6. The van der Waals surface area contributed by atoms with E-state index >= 15 is 0 Å². The quantitative estimate of drug-likeness (QED) is 0.449. The van der Waals surface area contributed by atoms with E-state index in [0.29, 0.717) is 23.6 Å². The molecule has 9 heteroatoms. The number of amides is 1. The van der Waals surface area contributed by atoms with Crippen molar-refractivity contribution >= 4 is 17.2 Å². The normalized spacial score (nSPS) is 11.2. The van der Waals surface area contributed by atoms with Crippen LogP contribution in [0.2, 0.25) is 0 Å². The molecule has 4 heterocycles. The summed E-state index contributed by atoms with van der Waals surface area (Å²) in [6.07, 6.45) is 7.18. The molecule has 1 amide bonds. The van der Waals surface area contributed by atoms with Gasteiger partial charge in [-0.25, -0.2) is 9.50 Å². The fraction of sp³-hybridized carbons (Fsp3) is 0.174. The molecule has 0 fully saturated rings. The molecule has 32 heavy (non-hydrogen) atoms. The van der Waals surface area contributed by atoms with Gasteiger partial charge < -0.3 is 5.32 Å². The van der Waals surface area contributed by atoms with Crippen LogP contribution in [0.4, 0.5) is 5.69 Å². The lowest BCUT2D eigenvalue weighted by Gasteiger charge is -2.07. The van der Waals surface area contributed by atoms with Gasteiger partial charge in [0.1, 0.15) is 0 Å². The third-order valence-corrected chi connectivity index (χ3v) is 5.36. The van der Waals surface area contributed by atoms with E-state index in [1.54, 1.807) is 23.0 Å². The molecule has 0 radical (unpaired) electrons. The van der Waals surface area contributed by atoms with E-state index in [1.807, 2.05) is 72.0 Å². The van der Waals surface area contributed by atoms with E-state index in [2.05, 4.69) is 25.6 Å². The van der Waals surface area contributed by atoms with Gasteiger partial charge in [0.25, 0.3) is 5.91 Å². The molecule has 0 aliphatic rings. The van der Waals surface area contributed by atoms with Gasteiger partial charge in [-0.15, -0.1) is 0 Å². The van der Waals surface area contributed by atoms with Crippen LogP contribution >= 0.6 is 0 Å². The standard InChI is InChI=1S/C23H22N8O/c1-3-30-16(2)19(14-26-30)21-8-10-24-22-13-20(28-31(21)22)23(32)27-18-7-4-6-17(12-18)15-29-11-5-9-25-29/h4-14H,3,15H2,1-2H3,(H,27,32). The second-order valence-corrected chi connectivity index (χ2v) is 7.45. The van der Waals surface area contributed by atoms with Crippen LogP contribution in [0.15, 0.2) is 67.3 Å². The van der Waals surface area contributed by atoms with Gasteiger partial charge in [0.2, 0.25) is 0 Å². The number of nitrogens with one attached hydrogen (secondary N) is 1. The number of carbonyl (C=O) groups is 1. The summed E-state index contributed by atoms with van der Waals surface area (Å²) in [5.74, 6) is -0.293. The van der Waals surface area contributed by atoms with E-state index in [1.165, 1.54) is 0 Å². The van der Waals surface area contributed by atoms with Gasteiger partial charge in [-0.2, -0.15) is 15.3 Å². The minimum absolute atomic E-state index is 0.293. The molecule has 0 aliphatic heterocycles. The first kappa shape index (κ1) is 19.7. The predicted molar refractivity (Wildman–Crippen MR) is 120 cm³/mol. The van der Waals surface area contributed by atoms with Gasteiger partial charge in [0, 0.05) is 48.1 Å². The highest BCUT2D eigenvalue weighted by molar-refractivity contribution is 6.03. The highest BCUT2D eigenvalue weighted by Crippen LogP contribution is 2.24. The monoisotopic (exact) mass is 426 g/mol. The lowest BCUT2D eigenvalue weighted by Crippen LogP contribution is -2.13. The molecule has 0 bridgehead atoms. The van der Waals surface area contributed by atoms with Crippen molar-refractivity contribution in [3.63, 3.8) is 0 Å². The number of aromatic nitrogens is 7. The molecule has 0 aliphatic carbocycles. The molecule has 0 atom stereocenters. The third kappa shape index (κ3) is 3.64. The molecule has 0 spiro atoms. The van der Waals surface area contributed by atoms with Crippen LogP contribution in [-0.4, -0.2) is 40.1 Å². The Balaban J connectivity index is 1.42. The Kier molecular flexibility index (Phi) is 4.98. The summed E-state index contributed by atoms with van der Waals surface area (Å²) in [5.41, 5.74) is 5.47. The maximum Gasteiger partial charge on any atom is 0.276 e. The van der Waals surface area contributed by atoms with Crippen molar-refractivity contribution in [3.05, 3.63) is 84.2 Å². The molecule has 1 aromatic carbocycles. The Morgan fingerprint density at radius 3 is 2.78 bits per heavy atom. The Hall–Kier alpha value is -4.27. The van der Waals surface area contributed by atoms with Crippen molar-refractivity contribution in [3.8, 4) is 11.3 Å². The molecular weight excluding hydrogens is 404 g/mol. The van der Waals surface area contributed by atoms with E-state index in [0.717, 1.165) is 29.1 Å². The lowest BCUT2D eigenvalue weighted by atomic mass is 10.2. The Labute approximate surface area is 184 Å². The summed E-state index contributed by atoms with van der Waals surface area (Å²) in [7, 11) is 0. The number of benzene rings is 1. The number of nitrogens with zero attached hydrogens (tertiary/aromatic N) is 7. The number of rotatable bonds is 6. The molecule has 160 valence electrons. The molecule has 9 nitrogen and oxygen atoms in total. The molecule has 1 N–H and O–H groups in total. The maximum absolute atomic E-state index is 12.9. The Morgan fingerprint density at radius 2 is 2.00 bits per heavy atom. The summed E-state index contributed by atoms with van der Waals surface area (Å²) >= 11 is 0. The zero-order chi connectivity index (χ0) is 22.1. The molecule has 0 saturated carbocycles. The fourth-order valence-electron chi connectivity index (χ4n) is 3.75. The van der Waals surface area contributed by atoms with Crippen molar-refractivity contribution in [2.75, 3.05) is 5.32 Å². The zero-order valence-electron chi connectivity index (χ0n) is 17.8. The predicted octanol–water partition coefficient (Wildman–Crippen LogP) is 3.42. The van der Waals surface area contributed by atoms with E-state index in [9.17, 15) is 4.79 Å². The van der Waals surface area contributed by atoms with Crippen LogP contribution in [0.1, 0.15) is 28.7 Å². The minimum atomic E-state index is -0.293. The molecule has 0 unspecified atom stereocenters. The third-order valence-electron chi connectivity index (χ3n) is 5.36. The van der Waals surface area contributed by atoms with Crippen LogP contribution < -0.4 is 5.32 Å². The first-order valence-corrected chi connectivity index (χ1v) is 10.4. The fourth-order valence-corrected chi connectivity index (χ4v) is 3.75. The Bertz CT molecular complexity index is 1400. The largest absolute Gasteiger partial charge is 0.321 e. The van der Waals surface area contributed by atoms with Crippen LogP contribution in [0.5, 0.6) is 0 Å². The molecule has 4 aromatic heterocycles. The average Bonchev–Trinajstić information content (AvgIpc) is 3.53. The van der Waals surface area contributed by atoms with Crippen LogP contribution in [0.3, 0.4) is 0 Å². The topological polar surface area (TPSA) is 94.9 Å². The first-order valence-electron chi connectivity index (χ1n) is 10.4. The molecular formula is C23H22N8O. The SMILES string of the molecule is CCn1ncc(-c2ccnc3cc(C(=O)Nc4cccc(Cn5cccn5)c4)nn23)c1C. The van der Waals surface area contributed by atoms with E-state index in [4.69, 9.17) is 0 Å². The van der Waals surface area contributed by atoms with Gasteiger partial charge >= 0.3 is 0 Å². The number of anilines is 1. The van der Waals surface area contributed by atoms with Crippen LogP contribution in [-0.2, 0) is 13.1 Å². The van der Waals surface area contributed by atoms with Crippen molar-refractivity contribution in [1.29, 1.82) is 0 Å². The van der Waals surface area contributed by atoms with Crippen molar-refractivity contribution in [1.82, 2.24) is 34.2 Å². The number of aryl methyl sites for hydroxylation is 1. The second-order valence-electron chi connectivity index (χ2n) is 7.45. The summed E-state index contributed by atoms with van der Waals surface area (Å²) in [6, 6.07) is 13.1. The highest BCUT2D eigenvalue weighted by Gasteiger charge is 2.17. The molecule has 5 aromatic rings. The smallest absolute Gasteiger partial charge is 0.276 e. The molecule has 0 saturated heterocycles. The average molecular weight is 426 g/mol. The molecule has 5 rings (SSSR count). The second kappa shape index (κ2) is 8.10. The zero-order valence-corrected chi connectivity index (χ0v) is 17.8. The summed E-state index contributed by atoms with van der Waals surface area (Å²) in [6.45, 7) is 5.48. The van der Waals surface area contributed by atoms with Gasteiger partial charge in [-0.05, 0) is 43.7 Å². The van der Waals surface area contributed by atoms with Crippen LogP contribution in [0.25, 0.3) is 16.9 Å². The maximum atomic E-state index is 12.9. The number of hydrogen-bond acceptors (Lipinski definition) is 5. The number of hydrogen-bond donors (Lipinski definition) is 1. The van der Waals surface area contributed by atoms with Crippen molar-refractivity contribution in [2.24, 2.45) is 0 Å². The van der Waals surface area contributed by atoms with Crippen molar-refractivity contribution in [2.45, 2.75) is 26.9 Å². The van der Waals surface area contributed by atoms with Crippen molar-refractivity contribution < 1.29 is 4.79 Å². The summed E-state index contributed by atoms with van der Waals surface area (Å²) in [4.78, 5) is 17.3. The lowest BCUT2D eigenvalue weighted by molar-refractivity contribution is 0.102. The number of carbonyl (C=O) groups excluding carboxylic acids is 1.